The minimum absolute atomic E-state index is 0.136. The fraction of sp³-hybridized carbons (Fsp3) is 0.238. The number of carbonyl (C=O) groups is 1. The standard InChI is InChI=1S/C21H22N2O5/c1-14(17-12-15(26-2)7-9-18(17)27-3)22-21(25)19-10-8-16(28-19)13-23-11-5-4-6-20(23)24/h4-12,14H,13H2,1-3H3,(H,22,25). The van der Waals surface area contributed by atoms with E-state index in [4.69, 9.17) is 13.9 Å². The third kappa shape index (κ3) is 4.25. The van der Waals surface area contributed by atoms with Gasteiger partial charge in [-0.1, -0.05) is 6.07 Å². The highest BCUT2D eigenvalue weighted by atomic mass is 16.5. The van der Waals surface area contributed by atoms with Crippen LogP contribution in [0.3, 0.4) is 0 Å². The summed E-state index contributed by atoms with van der Waals surface area (Å²) in [6.45, 7) is 2.11. The Morgan fingerprint density at radius 3 is 2.68 bits per heavy atom. The van der Waals surface area contributed by atoms with Gasteiger partial charge in [0.2, 0.25) is 0 Å². The summed E-state index contributed by atoms with van der Waals surface area (Å²) in [6.07, 6.45) is 1.67. The fourth-order valence-corrected chi connectivity index (χ4v) is 2.87. The van der Waals surface area contributed by atoms with Gasteiger partial charge in [-0.2, -0.15) is 0 Å². The van der Waals surface area contributed by atoms with E-state index in [2.05, 4.69) is 5.32 Å². The number of aromatic nitrogens is 1. The lowest BCUT2D eigenvalue weighted by molar-refractivity contribution is 0.0909. The number of ether oxygens (including phenoxy) is 2. The summed E-state index contributed by atoms with van der Waals surface area (Å²) in [7, 11) is 3.15. The van der Waals surface area contributed by atoms with E-state index in [1.807, 2.05) is 13.0 Å². The number of benzene rings is 1. The molecule has 0 saturated carbocycles. The zero-order valence-corrected chi connectivity index (χ0v) is 16.0. The molecule has 1 unspecified atom stereocenters. The Morgan fingerprint density at radius 1 is 1.14 bits per heavy atom. The molecule has 0 saturated heterocycles. The second-order valence-corrected chi connectivity index (χ2v) is 6.24. The van der Waals surface area contributed by atoms with Crippen LogP contribution in [0.1, 0.15) is 34.8 Å². The summed E-state index contributed by atoms with van der Waals surface area (Å²) < 4.78 is 17.7. The summed E-state index contributed by atoms with van der Waals surface area (Å²) in [5.41, 5.74) is 0.654. The quantitative estimate of drug-likeness (QED) is 0.679. The number of nitrogens with zero attached hydrogens (tertiary/aromatic N) is 1. The topological polar surface area (TPSA) is 82.7 Å². The maximum absolute atomic E-state index is 12.6. The second kappa shape index (κ2) is 8.47. The molecule has 7 nitrogen and oxygen atoms in total. The highest BCUT2D eigenvalue weighted by molar-refractivity contribution is 5.91. The predicted molar refractivity (Wildman–Crippen MR) is 104 cm³/mol. The molecule has 0 fully saturated rings. The Hall–Kier alpha value is -3.48. The van der Waals surface area contributed by atoms with Crippen molar-refractivity contribution in [2.45, 2.75) is 19.5 Å². The number of furan rings is 1. The van der Waals surface area contributed by atoms with Gasteiger partial charge in [-0.05, 0) is 43.3 Å². The SMILES string of the molecule is COc1ccc(OC)c(C(C)NC(=O)c2ccc(Cn3ccccc3=O)o2)c1. The van der Waals surface area contributed by atoms with Crippen LogP contribution in [0, 0.1) is 0 Å². The third-order valence-electron chi connectivity index (χ3n) is 4.36. The van der Waals surface area contributed by atoms with Crippen LogP contribution in [-0.4, -0.2) is 24.7 Å². The molecular weight excluding hydrogens is 360 g/mol. The average Bonchev–Trinajstić information content (AvgIpc) is 3.18. The van der Waals surface area contributed by atoms with Gasteiger partial charge < -0.3 is 23.8 Å². The molecule has 0 spiro atoms. The van der Waals surface area contributed by atoms with E-state index in [0.29, 0.717) is 17.3 Å². The molecule has 2 aromatic heterocycles. The van der Waals surface area contributed by atoms with Crippen molar-refractivity contribution in [3.05, 3.63) is 82.2 Å². The van der Waals surface area contributed by atoms with Gasteiger partial charge in [-0.15, -0.1) is 0 Å². The van der Waals surface area contributed by atoms with Crippen LogP contribution in [0.15, 0.2) is 63.9 Å². The molecule has 1 N–H and O–H groups in total. The van der Waals surface area contributed by atoms with Gasteiger partial charge >= 0.3 is 0 Å². The zero-order valence-electron chi connectivity index (χ0n) is 16.0. The first-order chi connectivity index (χ1) is 13.5. The van der Waals surface area contributed by atoms with Crippen molar-refractivity contribution in [2.75, 3.05) is 14.2 Å². The summed E-state index contributed by atoms with van der Waals surface area (Å²) in [6, 6.07) is 13.3. The lowest BCUT2D eigenvalue weighted by Crippen LogP contribution is -2.26. The van der Waals surface area contributed by atoms with E-state index in [0.717, 1.165) is 5.56 Å². The van der Waals surface area contributed by atoms with Crippen molar-refractivity contribution in [1.82, 2.24) is 9.88 Å². The van der Waals surface area contributed by atoms with Crippen LogP contribution in [-0.2, 0) is 6.54 Å². The number of hydrogen-bond acceptors (Lipinski definition) is 5. The van der Waals surface area contributed by atoms with Gasteiger partial charge in [0.25, 0.3) is 11.5 Å². The molecule has 0 aliphatic heterocycles. The largest absolute Gasteiger partial charge is 0.497 e. The van der Waals surface area contributed by atoms with Crippen LogP contribution in [0.2, 0.25) is 0 Å². The van der Waals surface area contributed by atoms with Crippen molar-refractivity contribution in [2.24, 2.45) is 0 Å². The van der Waals surface area contributed by atoms with E-state index in [1.54, 1.807) is 56.8 Å². The normalized spacial score (nSPS) is 11.7. The van der Waals surface area contributed by atoms with Crippen molar-refractivity contribution in [3.8, 4) is 11.5 Å². The number of pyridine rings is 1. The summed E-state index contributed by atoms with van der Waals surface area (Å²) in [5.74, 6) is 1.66. The molecule has 1 amide bonds. The summed E-state index contributed by atoms with van der Waals surface area (Å²) >= 11 is 0. The molecule has 7 heteroatoms. The highest BCUT2D eigenvalue weighted by Gasteiger charge is 2.18. The first-order valence-corrected chi connectivity index (χ1v) is 8.78. The van der Waals surface area contributed by atoms with Gasteiger partial charge in [0.1, 0.15) is 17.3 Å². The van der Waals surface area contributed by atoms with Crippen molar-refractivity contribution in [3.63, 3.8) is 0 Å². The van der Waals surface area contributed by atoms with Gasteiger partial charge in [0.05, 0.1) is 26.8 Å². The van der Waals surface area contributed by atoms with E-state index in [9.17, 15) is 9.59 Å². The van der Waals surface area contributed by atoms with E-state index in [-0.39, 0.29) is 29.8 Å². The minimum Gasteiger partial charge on any atom is -0.497 e. The first kappa shape index (κ1) is 19.3. The molecule has 0 radical (unpaired) electrons. The number of nitrogens with one attached hydrogen (secondary N) is 1. The molecule has 3 rings (SSSR count). The fourth-order valence-electron chi connectivity index (χ4n) is 2.87. The Morgan fingerprint density at radius 2 is 1.96 bits per heavy atom. The number of carbonyl (C=O) groups excluding carboxylic acids is 1. The van der Waals surface area contributed by atoms with Crippen LogP contribution in [0.5, 0.6) is 11.5 Å². The lowest BCUT2D eigenvalue weighted by atomic mass is 10.1. The Balaban J connectivity index is 1.72. The Kier molecular flexibility index (Phi) is 5.84. The zero-order chi connectivity index (χ0) is 20.1. The Labute approximate surface area is 162 Å². The maximum Gasteiger partial charge on any atom is 0.287 e. The molecular formula is C21H22N2O5. The van der Waals surface area contributed by atoms with Crippen LogP contribution >= 0.6 is 0 Å². The second-order valence-electron chi connectivity index (χ2n) is 6.24. The van der Waals surface area contributed by atoms with E-state index in [1.165, 1.54) is 10.6 Å². The highest BCUT2D eigenvalue weighted by Crippen LogP contribution is 2.29. The summed E-state index contributed by atoms with van der Waals surface area (Å²) in [5, 5.41) is 2.89. The first-order valence-electron chi connectivity index (χ1n) is 8.78. The Bertz CT molecular complexity index is 1020. The number of rotatable bonds is 7. The van der Waals surface area contributed by atoms with Gasteiger partial charge in [-0.25, -0.2) is 0 Å². The van der Waals surface area contributed by atoms with Gasteiger partial charge in [-0.3, -0.25) is 9.59 Å². The van der Waals surface area contributed by atoms with Crippen LogP contribution in [0.25, 0.3) is 0 Å². The minimum atomic E-state index is -0.357. The monoisotopic (exact) mass is 382 g/mol. The molecule has 1 aromatic carbocycles. The molecule has 1 atom stereocenters. The predicted octanol–water partition coefficient (Wildman–Crippen LogP) is 3.00. The summed E-state index contributed by atoms with van der Waals surface area (Å²) in [4.78, 5) is 24.4. The van der Waals surface area contributed by atoms with Gasteiger partial charge in [0, 0.05) is 17.8 Å². The molecule has 146 valence electrons. The average molecular weight is 382 g/mol. The lowest BCUT2D eigenvalue weighted by Gasteiger charge is -2.17. The smallest absolute Gasteiger partial charge is 0.287 e. The molecule has 2 heterocycles. The maximum atomic E-state index is 12.6. The van der Waals surface area contributed by atoms with Crippen LogP contribution < -0.4 is 20.3 Å². The molecule has 3 aromatic rings. The molecule has 0 bridgehead atoms. The number of methoxy groups -OCH3 is 2. The molecule has 28 heavy (non-hydrogen) atoms. The van der Waals surface area contributed by atoms with Crippen molar-refractivity contribution in [1.29, 1.82) is 0 Å². The molecule has 0 aliphatic rings. The van der Waals surface area contributed by atoms with Gasteiger partial charge in [0.15, 0.2) is 5.76 Å². The molecule has 0 aliphatic carbocycles. The van der Waals surface area contributed by atoms with E-state index < -0.39 is 0 Å². The van der Waals surface area contributed by atoms with E-state index >= 15 is 0 Å². The number of hydrogen-bond donors (Lipinski definition) is 1. The third-order valence-corrected chi connectivity index (χ3v) is 4.36. The number of amides is 1. The van der Waals surface area contributed by atoms with Crippen molar-refractivity contribution >= 4 is 5.91 Å². The van der Waals surface area contributed by atoms with Crippen molar-refractivity contribution < 1.29 is 18.7 Å². The van der Waals surface area contributed by atoms with Crippen LogP contribution in [0.4, 0.5) is 0 Å².